The van der Waals surface area contributed by atoms with Crippen molar-refractivity contribution in [2.24, 2.45) is 0 Å². The van der Waals surface area contributed by atoms with E-state index in [1.165, 1.54) is 0 Å². The standard InChI is InChI=1S/C10H13N3O4/c1-2-17-9(15)3-4-11-10(16)7-5-8(14)13-6-12-7/h5-6H,2-4H2,1H3,(H,11,16)(H,12,13,14). The summed E-state index contributed by atoms with van der Waals surface area (Å²) in [4.78, 5) is 29.6. The number of nitrogens with zero attached hydrogens (tertiary/aromatic N) is 2. The first kappa shape index (κ1) is 12.9. The molecule has 0 saturated heterocycles. The fraction of sp³-hybridized carbons (Fsp3) is 0.400. The van der Waals surface area contributed by atoms with Gasteiger partial charge in [0.1, 0.15) is 12.0 Å². The summed E-state index contributed by atoms with van der Waals surface area (Å²) in [6, 6.07) is 1.14. The Morgan fingerprint density at radius 1 is 1.47 bits per heavy atom. The predicted molar refractivity (Wildman–Crippen MR) is 57.3 cm³/mol. The SMILES string of the molecule is CCOC(=O)CCNC(=O)c1cc(O)ncn1. The summed E-state index contributed by atoms with van der Waals surface area (Å²) in [5.74, 6) is -1.14. The van der Waals surface area contributed by atoms with Gasteiger partial charge in [-0.3, -0.25) is 9.59 Å². The molecule has 1 amide bonds. The number of hydrogen-bond donors (Lipinski definition) is 2. The van der Waals surface area contributed by atoms with E-state index in [0.717, 1.165) is 12.4 Å². The minimum absolute atomic E-state index is 0.0429. The second-order valence-corrected chi connectivity index (χ2v) is 3.07. The second kappa shape index (κ2) is 6.41. The van der Waals surface area contributed by atoms with E-state index in [0.29, 0.717) is 6.61 Å². The molecule has 0 atom stereocenters. The lowest BCUT2D eigenvalue weighted by atomic mass is 10.3. The minimum atomic E-state index is -0.480. The largest absolute Gasteiger partial charge is 0.493 e. The number of esters is 1. The van der Waals surface area contributed by atoms with Crippen LogP contribution in [0.3, 0.4) is 0 Å². The van der Waals surface area contributed by atoms with Crippen molar-refractivity contribution in [1.29, 1.82) is 0 Å². The van der Waals surface area contributed by atoms with E-state index in [4.69, 9.17) is 9.84 Å². The number of aromatic nitrogens is 2. The molecule has 17 heavy (non-hydrogen) atoms. The van der Waals surface area contributed by atoms with Crippen molar-refractivity contribution >= 4 is 11.9 Å². The maximum Gasteiger partial charge on any atom is 0.307 e. The lowest BCUT2D eigenvalue weighted by molar-refractivity contribution is -0.142. The molecular weight excluding hydrogens is 226 g/mol. The Labute approximate surface area is 97.8 Å². The number of nitrogens with one attached hydrogen (secondary N) is 1. The summed E-state index contributed by atoms with van der Waals surface area (Å²) in [6.07, 6.45) is 1.17. The van der Waals surface area contributed by atoms with Crippen LogP contribution in [0, 0.1) is 0 Å². The van der Waals surface area contributed by atoms with Crippen LogP contribution in [0.5, 0.6) is 5.88 Å². The first-order valence-electron chi connectivity index (χ1n) is 5.08. The van der Waals surface area contributed by atoms with Crippen molar-refractivity contribution in [2.45, 2.75) is 13.3 Å². The zero-order valence-corrected chi connectivity index (χ0v) is 9.34. The van der Waals surface area contributed by atoms with Gasteiger partial charge in [0.2, 0.25) is 5.88 Å². The molecule has 0 bridgehead atoms. The summed E-state index contributed by atoms with van der Waals surface area (Å²) in [6.45, 7) is 2.18. The van der Waals surface area contributed by atoms with Crippen LogP contribution in [0.1, 0.15) is 23.8 Å². The molecule has 0 unspecified atom stereocenters. The van der Waals surface area contributed by atoms with Crippen molar-refractivity contribution in [3.05, 3.63) is 18.1 Å². The number of hydrogen-bond acceptors (Lipinski definition) is 6. The molecule has 0 saturated carbocycles. The van der Waals surface area contributed by atoms with Crippen LogP contribution in [0.15, 0.2) is 12.4 Å². The molecule has 0 aliphatic carbocycles. The van der Waals surface area contributed by atoms with Crippen molar-refractivity contribution in [3.63, 3.8) is 0 Å². The molecule has 0 aliphatic heterocycles. The van der Waals surface area contributed by atoms with Crippen LogP contribution >= 0.6 is 0 Å². The third kappa shape index (κ3) is 4.45. The zero-order chi connectivity index (χ0) is 12.7. The van der Waals surface area contributed by atoms with Gasteiger partial charge in [0.25, 0.3) is 5.91 Å². The third-order valence-corrected chi connectivity index (χ3v) is 1.81. The summed E-state index contributed by atoms with van der Waals surface area (Å²) in [5, 5.41) is 11.5. The van der Waals surface area contributed by atoms with Crippen molar-refractivity contribution < 1.29 is 19.4 Å². The average Bonchev–Trinajstić information content (AvgIpc) is 2.29. The Morgan fingerprint density at radius 3 is 2.88 bits per heavy atom. The highest BCUT2D eigenvalue weighted by molar-refractivity contribution is 5.92. The molecule has 0 aromatic carbocycles. The van der Waals surface area contributed by atoms with E-state index in [1.807, 2.05) is 0 Å². The highest BCUT2D eigenvalue weighted by Crippen LogP contribution is 2.03. The molecule has 0 radical (unpaired) electrons. The van der Waals surface area contributed by atoms with Crippen LogP contribution in [0.4, 0.5) is 0 Å². The van der Waals surface area contributed by atoms with Crippen molar-refractivity contribution in [2.75, 3.05) is 13.2 Å². The van der Waals surface area contributed by atoms with E-state index in [1.54, 1.807) is 6.92 Å². The summed E-state index contributed by atoms with van der Waals surface area (Å²) in [5.41, 5.74) is 0.0429. The van der Waals surface area contributed by atoms with E-state index >= 15 is 0 Å². The average molecular weight is 239 g/mol. The lowest BCUT2D eigenvalue weighted by Gasteiger charge is -2.04. The molecule has 1 rings (SSSR count). The maximum atomic E-state index is 11.5. The van der Waals surface area contributed by atoms with Gasteiger partial charge in [-0.2, -0.15) is 0 Å². The molecular formula is C10H13N3O4. The van der Waals surface area contributed by atoms with Gasteiger partial charge in [0, 0.05) is 12.6 Å². The Kier molecular flexibility index (Phi) is 4.86. The van der Waals surface area contributed by atoms with E-state index in [9.17, 15) is 9.59 Å². The molecule has 7 heteroatoms. The summed E-state index contributed by atoms with van der Waals surface area (Å²) >= 11 is 0. The third-order valence-electron chi connectivity index (χ3n) is 1.81. The maximum absolute atomic E-state index is 11.5. The van der Waals surface area contributed by atoms with Gasteiger partial charge in [0.05, 0.1) is 13.0 Å². The van der Waals surface area contributed by atoms with Gasteiger partial charge in [-0.1, -0.05) is 0 Å². The van der Waals surface area contributed by atoms with Crippen LogP contribution in [-0.2, 0) is 9.53 Å². The number of aromatic hydroxyl groups is 1. The van der Waals surface area contributed by atoms with E-state index in [-0.39, 0.29) is 30.5 Å². The van der Waals surface area contributed by atoms with Gasteiger partial charge in [-0.15, -0.1) is 0 Å². The number of amides is 1. The summed E-state index contributed by atoms with van der Waals surface area (Å²) in [7, 11) is 0. The quantitative estimate of drug-likeness (QED) is 0.694. The van der Waals surface area contributed by atoms with Gasteiger partial charge in [0.15, 0.2) is 0 Å². The number of carbonyl (C=O) groups is 2. The smallest absolute Gasteiger partial charge is 0.307 e. The van der Waals surface area contributed by atoms with Crippen LogP contribution in [0.2, 0.25) is 0 Å². The Balaban J connectivity index is 2.38. The molecule has 7 nitrogen and oxygen atoms in total. The fourth-order valence-corrected chi connectivity index (χ4v) is 1.07. The van der Waals surface area contributed by atoms with Crippen LogP contribution in [0.25, 0.3) is 0 Å². The Morgan fingerprint density at radius 2 is 2.24 bits per heavy atom. The van der Waals surface area contributed by atoms with Gasteiger partial charge in [-0.25, -0.2) is 9.97 Å². The van der Waals surface area contributed by atoms with Crippen molar-refractivity contribution in [3.8, 4) is 5.88 Å². The topological polar surface area (TPSA) is 101 Å². The van der Waals surface area contributed by atoms with Gasteiger partial charge in [-0.05, 0) is 6.92 Å². The molecule has 1 heterocycles. The van der Waals surface area contributed by atoms with Gasteiger partial charge < -0.3 is 15.2 Å². The predicted octanol–water partition coefficient (Wildman–Crippen LogP) is -0.135. The van der Waals surface area contributed by atoms with Crippen LogP contribution < -0.4 is 5.32 Å². The second-order valence-electron chi connectivity index (χ2n) is 3.07. The van der Waals surface area contributed by atoms with E-state index < -0.39 is 5.91 Å². The molecule has 0 spiro atoms. The molecule has 0 fully saturated rings. The lowest BCUT2D eigenvalue weighted by Crippen LogP contribution is -2.27. The molecule has 0 aliphatic rings. The summed E-state index contributed by atoms with van der Waals surface area (Å²) < 4.78 is 4.69. The highest BCUT2D eigenvalue weighted by atomic mass is 16.5. The van der Waals surface area contributed by atoms with E-state index in [2.05, 4.69) is 15.3 Å². The Hall–Kier alpha value is -2.18. The first-order chi connectivity index (χ1) is 8.13. The monoisotopic (exact) mass is 239 g/mol. The fourth-order valence-electron chi connectivity index (χ4n) is 1.07. The normalized spacial score (nSPS) is 9.71. The number of rotatable bonds is 5. The number of carbonyl (C=O) groups excluding carboxylic acids is 2. The molecule has 1 aromatic rings. The molecule has 92 valence electrons. The first-order valence-corrected chi connectivity index (χ1v) is 5.08. The minimum Gasteiger partial charge on any atom is -0.493 e. The molecule has 2 N–H and O–H groups in total. The van der Waals surface area contributed by atoms with Gasteiger partial charge >= 0.3 is 5.97 Å². The molecule has 1 aromatic heterocycles. The van der Waals surface area contributed by atoms with Crippen molar-refractivity contribution in [1.82, 2.24) is 15.3 Å². The highest BCUT2D eigenvalue weighted by Gasteiger charge is 2.09. The number of ether oxygens (including phenoxy) is 1. The zero-order valence-electron chi connectivity index (χ0n) is 9.34. The Bertz CT molecular complexity index is 408. The van der Waals surface area contributed by atoms with Crippen LogP contribution in [-0.4, -0.2) is 40.1 Å².